The molecule has 4 nitrogen and oxygen atoms in total. The van der Waals surface area contributed by atoms with E-state index >= 15 is 0 Å². The number of anilines is 1. The van der Waals surface area contributed by atoms with E-state index in [4.69, 9.17) is 5.11 Å². The van der Waals surface area contributed by atoms with Gasteiger partial charge in [-0.15, -0.1) is 0 Å². The van der Waals surface area contributed by atoms with E-state index in [1.54, 1.807) is 0 Å². The lowest BCUT2D eigenvalue weighted by atomic mass is 10.0. The number of β-amino-alcohol motifs (C(OH)–C–C–N with tert-alkyl or cyclic N) is 1. The van der Waals surface area contributed by atoms with Crippen LogP contribution in [0, 0.1) is 0 Å². The van der Waals surface area contributed by atoms with Crippen LogP contribution in [0.3, 0.4) is 0 Å². The second-order valence-electron chi connectivity index (χ2n) is 4.82. The first-order chi connectivity index (χ1) is 8.76. The van der Waals surface area contributed by atoms with Crippen LogP contribution >= 0.6 is 0 Å². The lowest BCUT2D eigenvalue weighted by Gasteiger charge is -2.27. The number of aliphatic hydroxyl groups is 2. The van der Waals surface area contributed by atoms with Crippen LogP contribution in [-0.4, -0.2) is 43.1 Å². The van der Waals surface area contributed by atoms with E-state index in [1.165, 1.54) is 11.3 Å². The van der Waals surface area contributed by atoms with Crippen molar-refractivity contribution in [2.24, 2.45) is 0 Å². The number of para-hydroxylation sites is 1. The number of nitrogens with zero attached hydrogens (tertiary/aromatic N) is 1. The van der Waals surface area contributed by atoms with Crippen LogP contribution in [0.1, 0.15) is 24.4 Å². The molecular weight excluding hydrogens is 228 g/mol. The Bertz CT molecular complexity index is 384. The molecule has 0 saturated carbocycles. The summed E-state index contributed by atoms with van der Waals surface area (Å²) in [6.07, 6.45) is 1.50. The van der Waals surface area contributed by atoms with Gasteiger partial charge in [0.25, 0.3) is 0 Å². The smallest absolute Gasteiger partial charge is 0.0945 e. The molecule has 18 heavy (non-hydrogen) atoms. The van der Waals surface area contributed by atoms with Crippen molar-refractivity contribution in [3.05, 3.63) is 29.8 Å². The van der Waals surface area contributed by atoms with Crippen molar-refractivity contribution < 1.29 is 10.2 Å². The number of nitrogens with one attached hydrogen (secondary N) is 1. The van der Waals surface area contributed by atoms with E-state index in [2.05, 4.69) is 28.4 Å². The molecule has 4 heteroatoms. The Morgan fingerprint density at radius 3 is 2.94 bits per heavy atom. The van der Waals surface area contributed by atoms with E-state index < -0.39 is 6.10 Å². The van der Waals surface area contributed by atoms with Gasteiger partial charge in [-0.1, -0.05) is 18.2 Å². The van der Waals surface area contributed by atoms with Crippen LogP contribution in [-0.2, 0) is 0 Å². The van der Waals surface area contributed by atoms with Crippen molar-refractivity contribution in [2.45, 2.75) is 25.0 Å². The molecule has 1 aliphatic heterocycles. The quantitative estimate of drug-likeness (QED) is 0.743. The van der Waals surface area contributed by atoms with Gasteiger partial charge in [-0.25, -0.2) is 0 Å². The summed E-state index contributed by atoms with van der Waals surface area (Å²) in [5.41, 5.74) is 2.45. The number of benzene rings is 1. The normalized spacial score (nSPS) is 21.3. The standard InChI is InChI=1S/C14H22N2O2/c1-15-13-6-4-8-16(9-11(18)10-17)14-7-3-2-5-12(13)14/h2-3,5,7,11,13,15,17-18H,4,6,8-10H2,1H3. The van der Waals surface area contributed by atoms with E-state index in [0.29, 0.717) is 12.6 Å². The third kappa shape index (κ3) is 2.83. The van der Waals surface area contributed by atoms with Gasteiger partial charge in [-0.3, -0.25) is 0 Å². The van der Waals surface area contributed by atoms with Crippen molar-refractivity contribution in [1.82, 2.24) is 5.32 Å². The van der Waals surface area contributed by atoms with Crippen molar-refractivity contribution in [2.75, 3.05) is 31.6 Å². The van der Waals surface area contributed by atoms with Crippen LogP contribution in [0.25, 0.3) is 0 Å². The number of rotatable bonds is 4. The van der Waals surface area contributed by atoms with Gasteiger partial charge in [0, 0.05) is 24.8 Å². The van der Waals surface area contributed by atoms with Crippen LogP contribution in [0.2, 0.25) is 0 Å². The zero-order valence-electron chi connectivity index (χ0n) is 10.8. The van der Waals surface area contributed by atoms with Crippen molar-refractivity contribution in [3.63, 3.8) is 0 Å². The zero-order chi connectivity index (χ0) is 13.0. The van der Waals surface area contributed by atoms with Gasteiger partial charge in [0.15, 0.2) is 0 Å². The molecule has 0 aromatic heterocycles. The van der Waals surface area contributed by atoms with Gasteiger partial charge in [0.1, 0.15) is 0 Å². The fourth-order valence-electron chi connectivity index (χ4n) is 2.63. The molecule has 0 amide bonds. The third-order valence-electron chi connectivity index (χ3n) is 3.56. The Hall–Kier alpha value is -1.10. The van der Waals surface area contributed by atoms with E-state index in [-0.39, 0.29) is 6.61 Å². The summed E-state index contributed by atoms with van der Waals surface area (Å²) < 4.78 is 0. The molecule has 0 spiro atoms. The first kappa shape index (κ1) is 13.3. The first-order valence-electron chi connectivity index (χ1n) is 6.56. The summed E-state index contributed by atoms with van der Waals surface area (Å²) in [7, 11) is 1.99. The first-order valence-corrected chi connectivity index (χ1v) is 6.56. The fraction of sp³-hybridized carbons (Fsp3) is 0.571. The lowest BCUT2D eigenvalue weighted by molar-refractivity contribution is 0.0999. The van der Waals surface area contributed by atoms with Crippen molar-refractivity contribution in [3.8, 4) is 0 Å². The average molecular weight is 250 g/mol. The molecule has 0 bridgehead atoms. The average Bonchev–Trinajstić information content (AvgIpc) is 2.58. The minimum atomic E-state index is -0.677. The van der Waals surface area contributed by atoms with Gasteiger partial charge in [-0.05, 0) is 31.5 Å². The maximum atomic E-state index is 9.64. The maximum absolute atomic E-state index is 9.64. The number of aliphatic hydroxyl groups excluding tert-OH is 2. The molecule has 2 unspecified atom stereocenters. The second kappa shape index (κ2) is 6.18. The van der Waals surface area contributed by atoms with Crippen LogP contribution in [0.5, 0.6) is 0 Å². The monoisotopic (exact) mass is 250 g/mol. The summed E-state index contributed by atoms with van der Waals surface area (Å²) >= 11 is 0. The molecule has 1 aromatic carbocycles. The van der Waals surface area contributed by atoms with Crippen molar-refractivity contribution >= 4 is 5.69 Å². The van der Waals surface area contributed by atoms with E-state index in [0.717, 1.165) is 19.4 Å². The highest BCUT2D eigenvalue weighted by Gasteiger charge is 2.22. The topological polar surface area (TPSA) is 55.7 Å². The molecule has 100 valence electrons. The minimum absolute atomic E-state index is 0.186. The summed E-state index contributed by atoms with van der Waals surface area (Å²) in [6.45, 7) is 1.23. The number of hydrogen-bond donors (Lipinski definition) is 3. The van der Waals surface area contributed by atoms with Crippen LogP contribution in [0.15, 0.2) is 24.3 Å². The van der Waals surface area contributed by atoms with Gasteiger partial charge in [0.2, 0.25) is 0 Å². The molecule has 2 atom stereocenters. The minimum Gasteiger partial charge on any atom is -0.394 e. The summed E-state index contributed by atoms with van der Waals surface area (Å²) in [5, 5.41) is 22.0. The maximum Gasteiger partial charge on any atom is 0.0945 e. The predicted molar refractivity (Wildman–Crippen MR) is 72.8 cm³/mol. The van der Waals surface area contributed by atoms with Gasteiger partial charge in [0.05, 0.1) is 12.7 Å². The SMILES string of the molecule is CNC1CCCN(CC(O)CO)c2ccccc21. The fourth-order valence-corrected chi connectivity index (χ4v) is 2.63. The summed E-state index contributed by atoms with van der Waals surface area (Å²) in [5.74, 6) is 0. The van der Waals surface area contributed by atoms with Gasteiger partial charge >= 0.3 is 0 Å². The zero-order valence-corrected chi connectivity index (χ0v) is 10.8. The molecule has 0 saturated heterocycles. The van der Waals surface area contributed by atoms with E-state index in [1.807, 2.05) is 13.1 Å². The van der Waals surface area contributed by atoms with Crippen LogP contribution < -0.4 is 10.2 Å². The van der Waals surface area contributed by atoms with E-state index in [9.17, 15) is 5.11 Å². The number of fused-ring (bicyclic) bond motifs is 1. The molecule has 1 aliphatic rings. The molecule has 1 aromatic rings. The molecular formula is C14H22N2O2. The highest BCUT2D eigenvalue weighted by atomic mass is 16.3. The highest BCUT2D eigenvalue weighted by Crippen LogP contribution is 2.32. The largest absolute Gasteiger partial charge is 0.394 e. The Morgan fingerprint density at radius 1 is 1.44 bits per heavy atom. The molecule has 3 N–H and O–H groups in total. The van der Waals surface area contributed by atoms with Crippen molar-refractivity contribution in [1.29, 1.82) is 0 Å². The molecule has 2 rings (SSSR count). The van der Waals surface area contributed by atoms with Gasteiger partial charge < -0.3 is 20.4 Å². The molecule has 0 fully saturated rings. The second-order valence-corrected chi connectivity index (χ2v) is 4.82. The van der Waals surface area contributed by atoms with Crippen LogP contribution in [0.4, 0.5) is 5.69 Å². The van der Waals surface area contributed by atoms with Gasteiger partial charge in [-0.2, -0.15) is 0 Å². The molecule has 0 radical (unpaired) electrons. The highest BCUT2D eigenvalue weighted by molar-refractivity contribution is 5.56. The molecule has 1 heterocycles. The molecule has 0 aliphatic carbocycles. The number of hydrogen-bond acceptors (Lipinski definition) is 4. The predicted octanol–water partition coefficient (Wildman–Crippen LogP) is 0.900. The lowest BCUT2D eigenvalue weighted by Crippen LogP contribution is -2.35. The Labute approximate surface area is 108 Å². The summed E-state index contributed by atoms with van der Waals surface area (Å²) in [4.78, 5) is 2.17. The Balaban J connectivity index is 2.27. The third-order valence-corrected chi connectivity index (χ3v) is 3.56. The summed E-state index contributed by atoms with van der Waals surface area (Å²) in [6, 6.07) is 8.68. The Morgan fingerprint density at radius 2 is 2.22 bits per heavy atom. The Kier molecular flexibility index (Phi) is 4.58.